The fourth-order valence-corrected chi connectivity index (χ4v) is 5.88. The molecule has 4 rings (SSSR count). The van der Waals surface area contributed by atoms with Crippen LogP contribution in [0.15, 0.2) is 48.5 Å². The predicted molar refractivity (Wildman–Crippen MR) is 119 cm³/mol. The molecule has 1 nitrogen and oxygen atoms in total. The van der Waals surface area contributed by atoms with Gasteiger partial charge in [-0.1, -0.05) is 55.7 Å². The van der Waals surface area contributed by atoms with Crippen LogP contribution in [-0.2, 0) is 28.9 Å². The molecule has 1 spiro atoms. The van der Waals surface area contributed by atoms with Crippen LogP contribution in [0.3, 0.4) is 0 Å². The lowest BCUT2D eigenvalue weighted by Gasteiger charge is -2.47. The van der Waals surface area contributed by atoms with Gasteiger partial charge >= 0.3 is 12.4 Å². The van der Waals surface area contributed by atoms with E-state index in [1.165, 1.54) is 24.3 Å². The molecule has 1 saturated heterocycles. The molecule has 0 unspecified atom stereocenters. The van der Waals surface area contributed by atoms with E-state index in [0.29, 0.717) is 49.8 Å². The van der Waals surface area contributed by atoms with Crippen molar-refractivity contribution in [3.05, 3.63) is 70.8 Å². The van der Waals surface area contributed by atoms with Gasteiger partial charge in [-0.2, -0.15) is 26.3 Å². The summed E-state index contributed by atoms with van der Waals surface area (Å²) in [5, 5.41) is 0. The topological polar surface area (TPSA) is 9.23 Å². The number of halogens is 6. The summed E-state index contributed by atoms with van der Waals surface area (Å²) in [7, 11) is 0. The van der Waals surface area contributed by atoms with Crippen molar-refractivity contribution in [1.82, 2.24) is 0 Å². The molecular weight excluding hydrogens is 454 g/mol. The Labute approximate surface area is 196 Å². The van der Waals surface area contributed by atoms with Crippen molar-refractivity contribution in [2.75, 3.05) is 6.61 Å². The lowest BCUT2D eigenvalue weighted by atomic mass is 9.65. The lowest BCUT2D eigenvalue weighted by Crippen LogP contribution is -2.46. The minimum atomic E-state index is -4.41. The molecule has 0 bridgehead atoms. The Morgan fingerprint density at radius 1 is 0.765 bits per heavy atom. The monoisotopic (exact) mass is 484 g/mol. The first-order valence-corrected chi connectivity index (χ1v) is 12.0. The molecule has 2 fully saturated rings. The second-order valence-electron chi connectivity index (χ2n) is 9.93. The van der Waals surface area contributed by atoms with Crippen molar-refractivity contribution < 1.29 is 31.1 Å². The normalized spacial score (nSPS) is 22.9. The van der Waals surface area contributed by atoms with Gasteiger partial charge in [0.25, 0.3) is 0 Å². The molecule has 1 aliphatic carbocycles. The Morgan fingerprint density at radius 2 is 1.41 bits per heavy atom. The highest BCUT2D eigenvalue weighted by atomic mass is 19.4. The van der Waals surface area contributed by atoms with Crippen molar-refractivity contribution in [3.63, 3.8) is 0 Å². The first kappa shape index (κ1) is 25.1. The Kier molecular flexibility index (Phi) is 7.05. The minimum Gasteiger partial charge on any atom is -0.375 e. The molecule has 2 aromatic rings. The van der Waals surface area contributed by atoms with Gasteiger partial charge in [0.05, 0.1) is 16.7 Å². The highest BCUT2D eigenvalue weighted by molar-refractivity contribution is 5.33. The van der Waals surface area contributed by atoms with E-state index in [1.807, 2.05) is 0 Å². The first-order valence-electron chi connectivity index (χ1n) is 12.0. The zero-order chi connectivity index (χ0) is 24.5. The molecule has 1 saturated carbocycles. The summed E-state index contributed by atoms with van der Waals surface area (Å²) in [6.45, 7) is 0.518. The van der Waals surface area contributed by atoms with E-state index < -0.39 is 28.9 Å². The van der Waals surface area contributed by atoms with Crippen LogP contribution in [-0.4, -0.2) is 12.2 Å². The summed E-state index contributed by atoms with van der Waals surface area (Å²) in [4.78, 5) is 0. The molecule has 1 aliphatic heterocycles. The van der Waals surface area contributed by atoms with Crippen LogP contribution in [0.2, 0.25) is 0 Å². The van der Waals surface area contributed by atoms with Gasteiger partial charge < -0.3 is 4.74 Å². The lowest BCUT2D eigenvalue weighted by molar-refractivity contribution is -0.138. The number of hydrogen-bond donors (Lipinski definition) is 0. The van der Waals surface area contributed by atoms with Crippen molar-refractivity contribution in [2.45, 2.75) is 87.6 Å². The van der Waals surface area contributed by atoms with Gasteiger partial charge in [0.1, 0.15) is 0 Å². The second-order valence-corrected chi connectivity index (χ2v) is 9.93. The van der Waals surface area contributed by atoms with Gasteiger partial charge in [0, 0.05) is 12.0 Å². The fourth-order valence-electron chi connectivity index (χ4n) is 5.88. The van der Waals surface area contributed by atoms with Crippen LogP contribution in [0.1, 0.15) is 80.0 Å². The Balaban J connectivity index is 1.52. The van der Waals surface area contributed by atoms with Crippen LogP contribution in [0.25, 0.3) is 0 Å². The molecule has 0 aromatic heterocycles. The summed E-state index contributed by atoms with van der Waals surface area (Å²) in [6, 6.07) is 11.1. The van der Waals surface area contributed by atoms with Gasteiger partial charge in [-0.3, -0.25) is 0 Å². The molecule has 2 aliphatic rings. The maximum absolute atomic E-state index is 13.5. The molecule has 0 amide bonds. The number of ether oxygens (including phenoxy) is 1. The molecule has 2 aromatic carbocycles. The Morgan fingerprint density at radius 3 is 2.09 bits per heavy atom. The molecule has 186 valence electrons. The second kappa shape index (κ2) is 9.56. The molecule has 1 heterocycles. The fraction of sp³-hybridized carbons (Fsp3) is 0.556. The zero-order valence-corrected chi connectivity index (χ0v) is 19.1. The maximum atomic E-state index is 13.5. The van der Waals surface area contributed by atoms with Crippen molar-refractivity contribution in [1.29, 1.82) is 0 Å². The average molecular weight is 485 g/mol. The first-order chi connectivity index (χ1) is 16.0. The zero-order valence-electron chi connectivity index (χ0n) is 19.1. The predicted octanol–water partition coefficient (Wildman–Crippen LogP) is 8.50. The molecule has 0 N–H and O–H groups in total. The summed E-state index contributed by atoms with van der Waals surface area (Å²) in [5.41, 5.74) is -0.651. The quantitative estimate of drug-likeness (QED) is 0.295. The molecule has 0 radical (unpaired) electrons. The van der Waals surface area contributed by atoms with E-state index in [-0.39, 0.29) is 5.60 Å². The molecular formula is C27H30F6O. The maximum Gasteiger partial charge on any atom is 0.416 e. The van der Waals surface area contributed by atoms with Crippen LogP contribution in [0.5, 0.6) is 0 Å². The summed E-state index contributed by atoms with van der Waals surface area (Å²) < 4.78 is 85.6. The minimum absolute atomic E-state index is 0.270. The van der Waals surface area contributed by atoms with Gasteiger partial charge in [0.2, 0.25) is 0 Å². The van der Waals surface area contributed by atoms with Crippen LogP contribution >= 0.6 is 0 Å². The van der Waals surface area contributed by atoms with Gasteiger partial charge in [-0.25, -0.2) is 0 Å². The Bertz CT molecular complexity index is 974. The number of hydrogen-bond acceptors (Lipinski definition) is 1. The van der Waals surface area contributed by atoms with E-state index >= 15 is 0 Å². The van der Waals surface area contributed by atoms with Crippen LogP contribution in [0.4, 0.5) is 26.3 Å². The molecule has 1 atom stereocenters. The Hall–Kier alpha value is -2.02. The number of alkyl halides is 6. The number of aryl methyl sites for hydroxylation is 1. The van der Waals surface area contributed by atoms with Gasteiger partial charge in [0.15, 0.2) is 0 Å². The van der Waals surface area contributed by atoms with E-state index in [9.17, 15) is 26.3 Å². The van der Waals surface area contributed by atoms with Crippen molar-refractivity contribution >= 4 is 0 Å². The van der Waals surface area contributed by atoms with Gasteiger partial charge in [-0.15, -0.1) is 0 Å². The smallest absolute Gasteiger partial charge is 0.375 e. The van der Waals surface area contributed by atoms with Crippen LogP contribution < -0.4 is 0 Å². The van der Waals surface area contributed by atoms with E-state index in [2.05, 4.69) is 0 Å². The highest BCUT2D eigenvalue weighted by Crippen LogP contribution is 2.51. The number of benzene rings is 2. The van der Waals surface area contributed by atoms with Gasteiger partial charge in [-0.05, 0) is 68.2 Å². The van der Waals surface area contributed by atoms with Crippen LogP contribution in [0, 0.1) is 0 Å². The number of unbranched alkanes of at least 4 members (excludes halogenated alkanes) is 1. The third kappa shape index (κ3) is 5.61. The third-order valence-electron chi connectivity index (χ3n) is 7.59. The summed E-state index contributed by atoms with van der Waals surface area (Å²) in [5.74, 6) is 0. The molecule has 34 heavy (non-hydrogen) atoms. The highest BCUT2D eigenvalue weighted by Gasteiger charge is 2.48. The number of rotatable bonds is 6. The van der Waals surface area contributed by atoms with E-state index in [0.717, 1.165) is 44.2 Å². The summed E-state index contributed by atoms with van der Waals surface area (Å²) >= 11 is 0. The van der Waals surface area contributed by atoms with E-state index in [4.69, 9.17) is 4.74 Å². The largest absolute Gasteiger partial charge is 0.416 e. The molecule has 7 heteroatoms. The average Bonchev–Trinajstić information content (AvgIpc) is 3.23. The summed E-state index contributed by atoms with van der Waals surface area (Å²) in [6.07, 6.45) is -0.845. The van der Waals surface area contributed by atoms with Crippen molar-refractivity contribution in [3.8, 4) is 0 Å². The third-order valence-corrected chi connectivity index (χ3v) is 7.59. The van der Waals surface area contributed by atoms with E-state index in [1.54, 1.807) is 12.1 Å². The standard InChI is InChI=1S/C27H30F6O/c28-26(29,30)22-10-5-8-20(17-22)7-1-2-12-24(15-16-34-25(19-24)13-3-4-14-25)21-9-6-11-23(18-21)27(31,32)33/h5-6,8-11,17-18H,1-4,7,12-16,19H2/t24-/m1/s1. The van der Waals surface area contributed by atoms with Crippen molar-refractivity contribution in [2.24, 2.45) is 0 Å². The SMILES string of the molecule is FC(F)(F)c1cccc(CCCC[C@@]2(c3cccc(C(F)(F)F)c3)CCOC3(CCCC3)C2)c1.